The Balaban J connectivity index is 2.30. The van der Waals surface area contributed by atoms with Gasteiger partial charge in [-0.1, -0.05) is 18.5 Å². The third-order valence-corrected chi connectivity index (χ3v) is 3.76. The molecule has 0 spiro atoms. The van der Waals surface area contributed by atoms with Gasteiger partial charge < -0.3 is 5.32 Å². The van der Waals surface area contributed by atoms with Crippen LogP contribution in [0.5, 0.6) is 0 Å². The number of rotatable bonds is 5. The van der Waals surface area contributed by atoms with Crippen LogP contribution in [-0.4, -0.2) is 26.3 Å². The third kappa shape index (κ3) is 3.16. The molecule has 2 rings (SSSR count). The SMILES string of the molecule is CCNC(Cc1c(C)nn(C)c1Cl)c1ccnc(C)n1. The van der Waals surface area contributed by atoms with Crippen LogP contribution in [0, 0.1) is 13.8 Å². The molecule has 108 valence electrons. The maximum Gasteiger partial charge on any atom is 0.130 e. The highest BCUT2D eigenvalue weighted by atomic mass is 35.5. The van der Waals surface area contributed by atoms with E-state index < -0.39 is 0 Å². The summed E-state index contributed by atoms with van der Waals surface area (Å²) in [5, 5.41) is 8.50. The van der Waals surface area contributed by atoms with Crippen LogP contribution >= 0.6 is 11.6 Å². The fourth-order valence-electron chi connectivity index (χ4n) is 2.31. The lowest BCUT2D eigenvalue weighted by atomic mass is 10.0. The van der Waals surface area contributed by atoms with Crippen LogP contribution in [-0.2, 0) is 13.5 Å². The molecule has 0 aliphatic rings. The monoisotopic (exact) mass is 293 g/mol. The van der Waals surface area contributed by atoms with Crippen molar-refractivity contribution < 1.29 is 0 Å². The Morgan fingerprint density at radius 2 is 2.15 bits per heavy atom. The molecule has 2 heterocycles. The predicted octanol–water partition coefficient (Wildman–Crippen LogP) is 2.37. The van der Waals surface area contributed by atoms with E-state index in [4.69, 9.17) is 11.6 Å². The van der Waals surface area contributed by atoms with Crippen molar-refractivity contribution in [3.05, 3.63) is 40.2 Å². The molecular formula is C14H20ClN5. The van der Waals surface area contributed by atoms with Gasteiger partial charge in [0.15, 0.2) is 0 Å². The van der Waals surface area contributed by atoms with Crippen molar-refractivity contribution in [1.29, 1.82) is 0 Å². The van der Waals surface area contributed by atoms with Crippen LogP contribution < -0.4 is 5.32 Å². The largest absolute Gasteiger partial charge is 0.309 e. The van der Waals surface area contributed by atoms with Gasteiger partial charge in [-0.3, -0.25) is 4.68 Å². The van der Waals surface area contributed by atoms with Crippen LogP contribution in [0.25, 0.3) is 0 Å². The van der Waals surface area contributed by atoms with Crippen molar-refractivity contribution in [2.75, 3.05) is 6.54 Å². The Morgan fingerprint density at radius 3 is 2.70 bits per heavy atom. The summed E-state index contributed by atoms with van der Waals surface area (Å²) >= 11 is 6.32. The number of hydrogen-bond acceptors (Lipinski definition) is 4. The van der Waals surface area contributed by atoms with Crippen molar-refractivity contribution in [3.8, 4) is 0 Å². The summed E-state index contributed by atoms with van der Waals surface area (Å²) in [6, 6.07) is 2.06. The fraction of sp³-hybridized carbons (Fsp3) is 0.500. The molecule has 0 aliphatic carbocycles. The second-order valence-electron chi connectivity index (χ2n) is 4.82. The fourth-order valence-corrected chi connectivity index (χ4v) is 2.56. The highest BCUT2D eigenvalue weighted by molar-refractivity contribution is 6.30. The minimum absolute atomic E-state index is 0.113. The van der Waals surface area contributed by atoms with Crippen molar-refractivity contribution in [2.45, 2.75) is 33.2 Å². The molecular weight excluding hydrogens is 274 g/mol. The van der Waals surface area contributed by atoms with Crippen LogP contribution in [0.2, 0.25) is 5.15 Å². The van der Waals surface area contributed by atoms with Crippen molar-refractivity contribution in [2.24, 2.45) is 7.05 Å². The Labute approximate surface area is 124 Å². The standard InChI is InChI=1S/C14H20ClN5/c1-5-16-13(12-6-7-17-10(3)18-12)8-11-9(2)19-20(4)14(11)15/h6-7,13,16H,5,8H2,1-4H3. The van der Waals surface area contributed by atoms with Crippen LogP contribution in [0.15, 0.2) is 12.3 Å². The van der Waals surface area contributed by atoms with E-state index in [-0.39, 0.29) is 6.04 Å². The van der Waals surface area contributed by atoms with Gasteiger partial charge in [-0.25, -0.2) is 9.97 Å². The van der Waals surface area contributed by atoms with Gasteiger partial charge in [-0.2, -0.15) is 5.10 Å². The molecule has 0 saturated carbocycles. The highest BCUT2D eigenvalue weighted by Crippen LogP contribution is 2.25. The van der Waals surface area contributed by atoms with Gasteiger partial charge in [0.1, 0.15) is 11.0 Å². The summed E-state index contributed by atoms with van der Waals surface area (Å²) in [6.45, 7) is 6.83. The maximum atomic E-state index is 6.32. The van der Waals surface area contributed by atoms with E-state index in [0.29, 0.717) is 5.15 Å². The van der Waals surface area contributed by atoms with Crippen molar-refractivity contribution in [1.82, 2.24) is 25.1 Å². The third-order valence-electron chi connectivity index (χ3n) is 3.28. The van der Waals surface area contributed by atoms with E-state index in [1.807, 2.05) is 27.0 Å². The molecule has 20 heavy (non-hydrogen) atoms. The minimum Gasteiger partial charge on any atom is -0.309 e. The molecule has 5 nitrogen and oxygen atoms in total. The highest BCUT2D eigenvalue weighted by Gasteiger charge is 2.19. The van der Waals surface area contributed by atoms with Gasteiger partial charge in [0, 0.05) is 18.8 Å². The number of nitrogens with zero attached hydrogens (tertiary/aromatic N) is 4. The molecule has 0 aliphatic heterocycles. The van der Waals surface area contributed by atoms with Gasteiger partial charge in [0.05, 0.1) is 17.4 Å². The van der Waals surface area contributed by atoms with E-state index in [2.05, 4.69) is 27.3 Å². The molecule has 0 saturated heterocycles. The van der Waals surface area contributed by atoms with Gasteiger partial charge >= 0.3 is 0 Å². The summed E-state index contributed by atoms with van der Waals surface area (Å²) < 4.78 is 1.71. The molecule has 2 aromatic heterocycles. The number of aromatic nitrogens is 4. The zero-order chi connectivity index (χ0) is 14.7. The molecule has 0 aromatic carbocycles. The Hall–Kier alpha value is -1.46. The van der Waals surface area contributed by atoms with Gasteiger partial charge in [-0.15, -0.1) is 0 Å². The predicted molar refractivity (Wildman–Crippen MR) is 79.8 cm³/mol. The smallest absolute Gasteiger partial charge is 0.130 e. The molecule has 0 fully saturated rings. The van der Waals surface area contributed by atoms with E-state index in [9.17, 15) is 0 Å². The summed E-state index contributed by atoms with van der Waals surface area (Å²) in [5.41, 5.74) is 3.02. The molecule has 1 N–H and O–H groups in total. The van der Waals surface area contributed by atoms with E-state index >= 15 is 0 Å². The summed E-state index contributed by atoms with van der Waals surface area (Å²) in [6.07, 6.45) is 2.56. The minimum atomic E-state index is 0.113. The lowest BCUT2D eigenvalue weighted by Crippen LogP contribution is -2.24. The zero-order valence-electron chi connectivity index (χ0n) is 12.3. The Bertz CT molecular complexity index is 593. The molecule has 2 aromatic rings. The van der Waals surface area contributed by atoms with Crippen LogP contribution in [0.1, 0.15) is 35.7 Å². The molecule has 1 atom stereocenters. The van der Waals surface area contributed by atoms with Crippen LogP contribution in [0.3, 0.4) is 0 Å². The van der Waals surface area contributed by atoms with Gasteiger partial charge in [-0.05, 0) is 32.9 Å². The molecule has 1 unspecified atom stereocenters. The van der Waals surface area contributed by atoms with Gasteiger partial charge in [0.2, 0.25) is 0 Å². The number of likely N-dealkylation sites (N-methyl/N-ethyl adjacent to an activating group) is 1. The number of halogens is 1. The second kappa shape index (κ2) is 6.33. The van der Waals surface area contributed by atoms with Crippen LogP contribution in [0.4, 0.5) is 0 Å². The van der Waals surface area contributed by atoms with E-state index in [0.717, 1.165) is 35.7 Å². The summed E-state index contributed by atoms with van der Waals surface area (Å²) in [5.74, 6) is 0.777. The molecule has 6 heteroatoms. The molecule has 0 radical (unpaired) electrons. The zero-order valence-corrected chi connectivity index (χ0v) is 13.1. The first-order chi connectivity index (χ1) is 9.52. The lowest BCUT2D eigenvalue weighted by Gasteiger charge is -2.17. The first-order valence-corrected chi connectivity index (χ1v) is 7.11. The number of nitrogens with one attached hydrogen (secondary N) is 1. The second-order valence-corrected chi connectivity index (χ2v) is 5.18. The quantitative estimate of drug-likeness (QED) is 0.919. The Kier molecular flexibility index (Phi) is 4.73. The average Bonchev–Trinajstić information content (AvgIpc) is 2.64. The maximum absolute atomic E-state index is 6.32. The van der Waals surface area contributed by atoms with E-state index in [1.54, 1.807) is 10.9 Å². The number of aryl methyl sites for hydroxylation is 3. The topological polar surface area (TPSA) is 55.6 Å². The van der Waals surface area contributed by atoms with Crippen molar-refractivity contribution >= 4 is 11.6 Å². The first kappa shape index (κ1) is 14.9. The Morgan fingerprint density at radius 1 is 1.40 bits per heavy atom. The first-order valence-electron chi connectivity index (χ1n) is 6.73. The van der Waals surface area contributed by atoms with Crippen molar-refractivity contribution in [3.63, 3.8) is 0 Å². The van der Waals surface area contributed by atoms with E-state index in [1.165, 1.54) is 0 Å². The molecule has 0 amide bonds. The summed E-state index contributed by atoms with van der Waals surface area (Å²) in [4.78, 5) is 8.66. The summed E-state index contributed by atoms with van der Waals surface area (Å²) in [7, 11) is 1.86. The number of hydrogen-bond donors (Lipinski definition) is 1. The average molecular weight is 294 g/mol. The lowest BCUT2D eigenvalue weighted by molar-refractivity contribution is 0.533. The molecule has 0 bridgehead atoms. The van der Waals surface area contributed by atoms with Gasteiger partial charge in [0.25, 0.3) is 0 Å². The normalized spacial score (nSPS) is 12.7.